The van der Waals surface area contributed by atoms with Crippen molar-refractivity contribution in [3.63, 3.8) is 0 Å². The Kier molecular flexibility index (Phi) is 3.46. The summed E-state index contributed by atoms with van der Waals surface area (Å²) in [5.74, 6) is -2.79. The summed E-state index contributed by atoms with van der Waals surface area (Å²) < 4.78 is 27.7. The van der Waals surface area contributed by atoms with Gasteiger partial charge in [-0.2, -0.15) is 8.78 Å². The molecule has 1 aliphatic rings. The highest BCUT2D eigenvalue weighted by Crippen LogP contribution is 2.28. The molecular formula is C11H15F2N3. The van der Waals surface area contributed by atoms with E-state index in [1.807, 2.05) is 0 Å². The lowest BCUT2D eigenvalue weighted by molar-refractivity contribution is -0.0401. The fourth-order valence-corrected chi connectivity index (χ4v) is 1.84. The van der Waals surface area contributed by atoms with E-state index in [4.69, 9.17) is 0 Å². The van der Waals surface area contributed by atoms with E-state index in [0.717, 1.165) is 13.1 Å². The van der Waals surface area contributed by atoms with E-state index in [9.17, 15) is 8.78 Å². The van der Waals surface area contributed by atoms with E-state index >= 15 is 0 Å². The molecule has 1 fully saturated rings. The SMILES string of the molecule is FC(F)(CN1CCNCC1)c1ccncc1. The van der Waals surface area contributed by atoms with Crippen molar-refractivity contribution < 1.29 is 8.78 Å². The maximum absolute atomic E-state index is 13.9. The van der Waals surface area contributed by atoms with Gasteiger partial charge in [0.25, 0.3) is 5.92 Å². The van der Waals surface area contributed by atoms with Gasteiger partial charge in [0, 0.05) is 44.1 Å². The predicted molar refractivity (Wildman–Crippen MR) is 57.4 cm³/mol. The number of nitrogens with one attached hydrogen (secondary N) is 1. The molecule has 16 heavy (non-hydrogen) atoms. The highest BCUT2D eigenvalue weighted by atomic mass is 19.3. The Balaban J connectivity index is 2.01. The zero-order chi connectivity index (χ0) is 11.4. The van der Waals surface area contributed by atoms with Crippen LogP contribution in [0, 0.1) is 0 Å². The summed E-state index contributed by atoms with van der Waals surface area (Å²) in [6.45, 7) is 2.72. The van der Waals surface area contributed by atoms with Gasteiger partial charge in [-0.1, -0.05) is 0 Å². The average Bonchev–Trinajstić information content (AvgIpc) is 2.31. The van der Waals surface area contributed by atoms with Crippen molar-refractivity contribution in [2.24, 2.45) is 0 Å². The van der Waals surface area contributed by atoms with Gasteiger partial charge in [-0.15, -0.1) is 0 Å². The highest BCUT2D eigenvalue weighted by molar-refractivity contribution is 5.16. The van der Waals surface area contributed by atoms with Gasteiger partial charge < -0.3 is 5.32 Å². The first kappa shape index (κ1) is 11.4. The first-order valence-electron chi connectivity index (χ1n) is 5.40. The third-order valence-corrected chi connectivity index (χ3v) is 2.73. The maximum atomic E-state index is 13.9. The lowest BCUT2D eigenvalue weighted by atomic mass is 10.1. The number of nitrogens with zero attached hydrogens (tertiary/aromatic N) is 2. The van der Waals surface area contributed by atoms with Gasteiger partial charge >= 0.3 is 0 Å². The van der Waals surface area contributed by atoms with Crippen LogP contribution in [0.1, 0.15) is 5.56 Å². The smallest absolute Gasteiger partial charge is 0.285 e. The number of aromatic nitrogens is 1. The van der Waals surface area contributed by atoms with E-state index < -0.39 is 5.92 Å². The molecule has 1 aromatic rings. The van der Waals surface area contributed by atoms with Crippen molar-refractivity contribution in [3.05, 3.63) is 30.1 Å². The number of piperazine rings is 1. The standard InChI is InChI=1S/C11H15F2N3/c12-11(13,10-1-3-14-4-2-10)9-16-7-5-15-6-8-16/h1-4,15H,5-9H2. The summed E-state index contributed by atoms with van der Waals surface area (Å²) in [6, 6.07) is 2.75. The van der Waals surface area contributed by atoms with Crippen LogP contribution >= 0.6 is 0 Å². The molecule has 0 unspecified atom stereocenters. The molecule has 2 heterocycles. The van der Waals surface area contributed by atoms with Crippen molar-refractivity contribution >= 4 is 0 Å². The number of halogens is 2. The minimum Gasteiger partial charge on any atom is -0.314 e. The van der Waals surface area contributed by atoms with E-state index in [-0.39, 0.29) is 12.1 Å². The fourth-order valence-electron chi connectivity index (χ4n) is 1.84. The van der Waals surface area contributed by atoms with Crippen LogP contribution in [0.5, 0.6) is 0 Å². The van der Waals surface area contributed by atoms with Gasteiger partial charge in [-0.05, 0) is 12.1 Å². The van der Waals surface area contributed by atoms with Crippen LogP contribution in [0.15, 0.2) is 24.5 Å². The Morgan fingerprint density at radius 2 is 1.88 bits per heavy atom. The minimum absolute atomic E-state index is 0.0426. The Bertz CT molecular complexity index is 323. The lowest BCUT2D eigenvalue weighted by Gasteiger charge is -2.30. The van der Waals surface area contributed by atoms with Crippen LogP contribution in [0.2, 0.25) is 0 Å². The number of hydrogen-bond acceptors (Lipinski definition) is 3. The Hall–Kier alpha value is -1.07. The van der Waals surface area contributed by atoms with E-state index in [0.29, 0.717) is 13.1 Å². The largest absolute Gasteiger partial charge is 0.314 e. The second kappa shape index (κ2) is 4.84. The molecule has 1 aromatic heterocycles. The zero-order valence-electron chi connectivity index (χ0n) is 9.00. The molecule has 0 amide bonds. The van der Waals surface area contributed by atoms with Gasteiger partial charge in [0.05, 0.1) is 6.54 Å². The van der Waals surface area contributed by atoms with Crippen LogP contribution in [0.25, 0.3) is 0 Å². The lowest BCUT2D eigenvalue weighted by Crippen LogP contribution is -2.47. The van der Waals surface area contributed by atoms with Crippen LogP contribution < -0.4 is 5.32 Å². The fraction of sp³-hybridized carbons (Fsp3) is 0.545. The molecular weight excluding hydrogens is 212 g/mol. The highest BCUT2D eigenvalue weighted by Gasteiger charge is 2.34. The molecule has 0 radical (unpaired) electrons. The van der Waals surface area contributed by atoms with E-state index in [1.165, 1.54) is 24.5 Å². The topological polar surface area (TPSA) is 28.2 Å². The van der Waals surface area contributed by atoms with Crippen molar-refractivity contribution in [2.75, 3.05) is 32.7 Å². The molecule has 1 saturated heterocycles. The summed E-state index contributed by atoms with van der Waals surface area (Å²) in [5.41, 5.74) is 0.0426. The number of hydrogen-bond donors (Lipinski definition) is 1. The first-order chi connectivity index (χ1) is 7.68. The summed E-state index contributed by atoms with van der Waals surface area (Å²) in [6.07, 6.45) is 2.81. The van der Waals surface area contributed by atoms with Crippen LogP contribution in [-0.4, -0.2) is 42.6 Å². The Labute approximate surface area is 93.5 Å². The second-order valence-electron chi connectivity index (χ2n) is 3.97. The van der Waals surface area contributed by atoms with E-state index in [2.05, 4.69) is 10.3 Å². The van der Waals surface area contributed by atoms with Crippen LogP contribution in [-0.2, 0) is 5.92 Å². The molecule has 0 bridgehead atoms. The molecule has 5 heteroatoms. The van der Waals surface area contributed by atoms with Gasteiger partial charge in [-0.25, -0.2) is 0 Å². The third kappa shape index (κ3) is 2.74. The van der Waals surface area contributed by atoms with Gasteiger partial charge in [0.15, 0.2) is 0 Å². The summed E-state index contributed by atoms with van der Waals surface area (Å²) >= 11 is 0. The van der Waals surface area contributed by atoms with Crippen molar-refractivity contribution in [1.82, 2.24) is 15.2 Å². The maximum Gasteiger partial charge on any atom is 0.285 e. The summed E-state index contributed by atoms with van der Waals surface area (Å²) in [4.78, 5) is 5.54. The summed E-state index contributed by atoms with van der Waals surface area (Å²) in [5, 5.41) is 3.14. The molecule has 2 rings (SSSR count). The normalized spacial score (nSPS) is 18.6. The number of alkyl halides is 2. The van der Waals surface area contributed by atoms with E-state index in [1.54, 1.807) is 4.90 Å². The molecule has 0 aliphatic carbocycles. The molecule has 0 spiro atoms. The molecule has 0 saturated carbocycles. The Morgan fingerprint density at radius 1 is 1.25 bits per heavy atom. The van der Waals surface area contributed by atoms with Crippen molar-refractivity contribution in [3.8, 4) is 0 Å². The molecule has 3 nitrogen and oxygen atoms in total. The van der Waals surface area contributed by atoms with Crippen LogP contribution in [0.4, 0.5) is 8.78 Å². The zero-order valence-corrected chi connectivity index (χ0v) is 9.00. The van der Waals surface area contributed by atoms with Gasteiger partial charge in [0.1, 0.15) is 0 Å². The second-order valence-corrected chi connectivity index (χ2v) is 3.97. The number of pyridine rings is 1. The Morgan fingerprint density at radius 3 is 2.50 bits per heavy atom. The average molecular weight is 227 g/mol. The van der Waals surface area contributed by atoms with Gasteiger partial charge in [0.2, 0.25) is 0 Å². The van der Waals surface area contributed by atoms with Crippen LogP contribution in [0.3, 0.4) is 0 Å². The third-order valence-electron chi connectivity index (χ3n) is 2.73. The summed E-state index contributed by atoms with van der Waals surface area (Å²) in [7, 11) is 0. The first-order valence-corrected chi connectivity index (χ1v) is 5.40. The monoisotopic (exact) mass is 227 g/mol. The van der Waals surface area contributed by atoms with Crippen molar-refractivity contribution in [1.29, 1.82) is 0 Å². The quantitative estimate of drug-likeness (QED) is 0.837. The predicted octanol–water partition coefficient (Wildman–Crippen LogP) is 1.08. The molecule has 1 aliphatic heterocycles. The van der Waals surface area contributed by atoms with Gasteiger partial charge in [-0.3, -0.25) is 9.88 Å². The molecule has 88 valence electrons. The number of rotatable bonds is 3. The molecule has 0 aromatic carbocycles. The van der Waals surface area contributed by atoms with Crippen molar-refractivity contribution in [2.45, 2.75) is 5.92 Å². The molecule has 0 atom stereocenters. The minimum atomic E-state index is -2.79. The molecule has 1 N–H and O–H groups in total.